The first kappa shape index (κ1) is 10.9. The second-order valence-electron chi connectivity index (χ2n) is 5.40. The number of rotatable bonds is 2. The van der Waals surface area contributed by atoms with Crippen molar-refractivity contribution in [1.82, 2.24) is 0 Å². The van der Waals surface area contributed by atoms with Crippen molar-refractivity contribution in [2.45, 2.75) is 22.7 Å². The van der Waals surface area contributed by atoms with Gasteiger partial charge >= 0.3 is 11.9 Å². The molecular weight excluding hydrogens is 256 g/mol. The van der Waals surface area contributed by atoms with Gasteiger partial charge in [0.2, 0.25) is 0 Å². The van der Waals surface area contributed by atoms with Gasteiger partial charge in [-0.05, 0) is 0 Å². The van der Waals surface area contributed by atoms with Crippen LogP contribution in [0.2, 0.25) is 0 Å². The number of aliphatic carboxylic acids is 2. The van der Waals surface area contributed by atoms with Gasteiger partial charge in [0.1, 0.15) is 0 Å². The number of carboxylic acid groups (broad SMARTS) is 2. The van der Waals surface area contributed by atoms with Gasteiger partial charge in [-0.2, -0.15) is 11.8 Å². The SMILES string of the molecule is O=C(O)C1C2SC(C1C(=O)O)C1C3C=CC(O3)C21. The molecule has 0 aromatic rings. The lowest BCUT2D eigenvalue weighted by molar-refractivity contribution is -0.155. The van der Waals surface area contributed by atoms with Crippen molar-refractivity contribution in [2.24, 2.45) is 23.7 Å². The molecule has 0 saturated carbocycles. The second-order valence-corrected chi connectivity index (χ2v) is 6.76. The summed E-state index contributed by atoms with van der Waals surface area (Å²) in [4.78, 5) is 22.7. The van der Waals surface area contributed by atoms with Gasteiger partial charge in [0.25, 0.3) is 0 Å². The third-order valence-corrected chi connectivity index (χ3v) is 6.59. The Labute approximate surface area is 107 Å². The van der Waals surface area contributed by atoms with Gasteiger partial charge in [-0.1, -0.05) is 12.2 Å². The summed E-state index contributed by atoms with van der Waals surface area (Å²) in [6.45, 7) is 0. The van der Waals surface area contributed by atoms with Crippen molar-refractivity contribution < 1.29 is 24.5 Å². The highest BCUT2D eigenvalue weighted by Crippen LogP contribution is 2.65. The summed E-state index contributed by atoms with van der Waals surface area (Å²) < 4.78 is 5.77. The molecule has 4 aliphatic rings. The normalized spacial score (nSPS) is 54.9. The Bertz CT molecular complexity index is 435. The van der Waals surface area contributed by atoms with E-state index >= 15 is 0 Å². The quantitative estimate of drug-likeness (QED) is 0.708. The van der Waals surface area contributed by atoms with Crippen LogP contribution >= 0.6 is 11.8 Å². The van der Waals surface area contributed by atoms with Gasteiger partial charge in [0.15, 0.2) is 0 Å². The monoisotopic (exact) mass is 268 g/mol. The largest absolute Gasteiger partial charge is 0.481 e. The van der Waals surface area contributed by atoms with E-state index in [2.05, 4.69) is 0 Å². The van der Waals surface area contributed by atoms with E-state index < -0.39 is 23.8 Å². The van der Waals surface area contributed by atoms with Crippen LogP contribution < -0.4 is 0 Å². The predicted molar refractivity (Wildman–Crippen MR) is 62.2 cm³/mol. The molecule has 4 rings (SSSR count). The average Bonchev–Trinajstić information content (AvgIpc) is 3.04. The molecule has 6 heteroatoms. The summed E-state index contributed by atoms with van der Waals surface area (Å²) in [5.74, 6) is -3.12. The fourth-order valence-electron chi connectivity index (χ4n) is 4.19. The van der Waals surface area contributed by atoms with Gasteiger partial charge in [0, 0.05) is 22.3 Å². The van der Waals surface area contributed by atoms with Crippen LogP contribution in [0.5, 0.6) is 0 Å². The molecular formula is C12H12O5S. The minimum Gasteiger partial charge on any atom is -0.481 e. The zero-order valence-electron chi connectivity index (χ0n) is 9.30. The van der Waals surface area contributed by atoms with Crippen molar-refractivity contribution in [3.8, 4) is 0 Å². The van der Waals surface area contributed by atoms with Gasteiger partial charge in [0.05, 0.1) is 24.0 Å². The Morgan fingerprint density at radius 2 is 1.39 bits per heavy atom. The van der Waals surface area contributed by atoms with Gasteiger partial charge < -0.3 is 14.9 Å². The van der Waals surface area contributed by atoms with Crippen LogP contribution in [0.4, 0.5) is 0 Å². The Hall–Kier alpha value is -1.01. The molecule has 0 spiro atoms. The van der Waals surface area contributed by atoms with Crippen molar-refractivity contribution in [3.05, 3.63) is 12.2 Å². The highest BCUT2D eigenvalue weighted by molar-refractivity contribution is 8.01. The summed E-state index contributed by atoms with van der Waals surface area (Å²) in [5.41, 5.74) is 0. The molecule has 0 aliphatic carbocycles. The maximum absolute atomic E-state index is 11.4. The topological polar surface area (TPSA) is 83.8 Å². The average molecular weight is 268 g/mol. The number of thioether (sulfide) groups is 1. The smallest absolute Gasteiger partial charge is 0.308 e. The van der Waals surface area contributed by atoms with E-state index in [-0.39, 0.29) is 34.5 Å². The summed E-state index contributed by atoms with van der Waals surface area (Å²) in [7, 11) is 0. The first-order valence-corrected chi connectivity index (χ1v) is 6.99. The van der Waals surface area contributed by atoms with Gasteiger partial charge in [-0.25, -0.2) is 0 Å². The zero-order chi connectivity index (χ0) is 12.6. The molecule has 0 radical (unpaired) electrons. The second kappa shape index (κ2) is 3.30. The van der Waals surface area contributed by atoms with E-state index in [0.717, 1.165) is 0 Å². The van der Waals surface area contributed by atoms with E-state index in [1.54, 1.807) is 11.8 Å². The lowest BCUT2D eigenvalue weighted by Gasteiger charge is -2.34. The molecule has 0 aromatic heterocycles. The van der Waals surface area contributed by atoms with Crippen LogP contribution in [0.25, 0.3) is 0 Å². The van der Waals surface area contributed by atoms with Crippen LogP contribution in [0.15, 0.2) is 12.2 Å². The predicted octanol–water partition coefficient (Wildman–Crippen LogP) is 0.455. The Kier molecular flexibility index (Phi) is 1.99. The van der Waals surface area contributed by atoms with Gasteiger partial charge in [-0.15, -0.1) is 0 Å². The fraction of sp³-hybridized carbons (Fsp3) is 0.667. The molecule has 5 nitrogen and oxygen atoms in total. The summed E-state index contributed by atoms with van der Waals surface area (Å²) in [5, 5.41) is 18.4. The molecule has 4 heterocycles. The molecule has 2 N–H and O–H groups in total. The molecule has 0 amide bonds. The van der Waals surface area contributed by atoms with E-state index in [0.29, 0.717) is 0 Å². The molecule has 8 atom stereocenters. The molecule has 0 aromatic carbocycles. The van der Waals surface area contributed by atoms with Crippen molar-refractivity contribution in [1.29, 1.82) is 0 Å². The number of ether oxygens (including phenoxy) is 1. The highest BCUT2D eigenvalue weighted by atomic mass is 32.2. The van der Waals surface area contributed by atoms with Crippen molar-refractivity contribution in [2.75, 3.05) is 0 Å². The molecule has 96 valence electrons. The first-order chi connectivity index (χ1) is 8.59. The molecule has 4 bridgehead atoms. The first-order valence-electron chi connectivity index (χ1n) is 6.04. The third kappa shape index (κ3) is 1.09. The number of hydrogen-bond acceptors (Lipinski definition) is 4. The molecule has 3 saturated heterocycles. The number of fused-ring (bicyclic) bond motifs is 9. The minimum atomic E-state index is -0.979. The molecule has 3 fully saturated rings. The van der Waals surface area contributed by atoms with E-state index in [9.17, 15) is 19.8 Å². The lowest BCUT2D eigenvalue weighted by Crippen LogP contribution is -2.49. The third-order valence-electron chi connectivity index (χ3n) is 4.75. The summed E-state index contributed by atoms with van der Waals surface area (Å²) >= 11 is 1.56. The molecule has 18 heavy (non-hydrogen) atoms. The van der Waals surface area contributed by atoms with Crippen LogP contribution in [-0.2, 0) is 14.3 Å². The zero-order valence-corrected chi connectivity index (χ0v) is 10.1. The maximum Gasteiger partial charge on any atom is 0.308 e. The highest BCUT2D eigenvalue weighted by Gasteiger charge is 2.69. The number of carbonyl (C=O) groups is 2. The van der Waals surface area contributed by atoms with Crippen molar-refractivity contribution in [3.63, 3.8) is 0 Å². The molecule has 8 unspecified atom stereocenters. The Morgan fingerprint density at radius 1 is 0.944 bits per heavy atom. The van der Waals surface area contributed by atoms with E-state index in [1.807, 2.05) is 12.2 Å². The Morgan fingerprint density at radius 3 is 1.78 bits per heavy atom. The maximum atomic E-state index is 11.4. The van der Waals surface area contributed by atoms with Gasteiger partial charge in [-0.3, -0.25) is 9.59 Å². The Balaban J connectivity index is 1.76. The van der Waals surface area contributed by atoms with Crippen LogP contribution in [0.3, 0.4) is 0 Å². The number of hydrogen-bond donors (Lipinski definition) is 2. The standard InChI is InChI=1S/C12H12O5S/c13-11(14)7-8(12(15)16)10-6-4-2-1-3(17-4)5(6)9(7)18-10/h1-10H,(H,13,14)(H,15,16). The fourth-order valence-corrected chi connectivity index (χ4v) is 6.50. The van der Waals surface area contributed by atoms with Crippen LogP contribution in [-0.4, -0.2) is 44.9 Å². The van der Waals surface area contributed by atoms with Crippen molar-refractivity contribution >= 4 is 23.7 Å². The summed E-state index contributed by atoms with van der Waals surface area (Å²) in [6.07, 6.45) is 4.00. The van der Waals surface area contributed by atoms with E-state index in [1.165, 1.54) is 0 Å². The van der Waals surface area contributed by atoms with Crippen LogP contribution in [0, 0.1) is 23.7 Å². The minimum absolute atomic E-state index is 0.000838. The van der Waals surface area contributed by atoms with E-state index in [4.69, 9.17) is 4.74 Å². The van der Waals surface area contributed by atoms with Crippen LogP contribution in [0.1, 0.15) is 0 Å². The summed E-state index contributed by atoms with van der Waals surface area (Å²) in [6, 6.07) is 0. The molecule has 4 aliphatic heterocycles. The lowest BCUT2D eigenvalue weighted by atomic mass is 9.65. The number of carboxylic acids is 2.